The van der Waals surface area contributed by atoms with Crippen molar-refractivity contribution < 1.29 is 13.9 Å². The van der Waals surface area contributed by atoms with E-state index in [4.69, 9.17) is 14.9 Å². The quantitative estimate of drug-likeness (QED) is 0.527. The Labute approximate surface area is 149 Å². The molecule has 118 valence electrons. The van der Waals surface area contributed by atoms with E-state index in [1.807, 2.05) is 24.3 Å². The summed E-state index contributed by atoms with van der Waals surface area (Å²) in [6.07, 6.45) is -0.859. The molecule has 1 atom stereocenters. The van der Waals surface area contributed by atoms with Gasteiger partial charge in [-0.25, -0.2) is 4.79 Å². The van der Waals surface area contributed by atoms with E-state index in [9.17, 15) is 4.79 Å². The normalized spacial score (nSPS) is 12.3. The van der Waals surface area contributed by atoms with E-state index in [2.05, 4.69) is 44.8 Å². The van der Waals surface area contributed by atoms with Gasteiger partial charge in [0.2, 0.25) is 0 Å². The van der Waals surface area contributed by atoms with Crippen LogP contribution in [-0.2, 0) is 0 Å². The van der Waals surface area contributed by atoms with Crippen LogP contribution >= 0.6 is 31.9 Å². The Hall–Kier alpha value is -1.79. The van der Waals surface area contributed by atoms with Crippen molar-refractivity contribution >= 4 is 48.7 Å². The summed E-state index contributed by atoms with van der Waals surface area (Å²) in [7, 11) is 0. The molecule has 3 aromatic rings. The first-order valence-electron chi connectivity index (χ1n) is 6.90. The molecule has 6 heteroatoms. The molecule has 1 amide bonds. The van der Waals surface area contributed by atoms with Crippen molar-refractivity contribution in [2.24, 2.45) is 5.73 Å². The monoisotopic (exact) mass is 437 g/mol. The van der Waals surface area contributed by atoms with Crippen LogP contribution in [0.3, 0.4) is 0 Å². The summed E-state index contributed by atoms with van der Waals surface area (Å²) >= 11 is 7.03. The predicted molar refractivity (Wildman–Crippen MR) is 96.9 cm³/mol. The van der Waals surface area contributed by atoms with Crippen molar-refractivity contribution in [3.8, 4) is 17.1 Å². The third kappa shape index (κ3) is 3.14. The highest BCUT2D eigenvalue weighted by Crippen LogP contribution is 2.41. The van der Waals surface area contributed by atoms with E-state index in [0.717, 1.165) is 16.3 Å². The van der Waals surface area contributed by atoms with Gasteiger partial charge in [0.15, 0.2) is 4.67 Å². The lowest BCUT2D eigenvalue weighted by molar-refractivity contribution is 0.211. The van der Waals surface area contributed by atoms with E-state index in [1.165, 1.54) is 0 Å². The van der Waals surface area contributed by atoms with Gasteiger partial charge in [0, 0.05) is 15.6 Å². The molecule has 0 saturated carbocycles. The minimum absolute atomic E-state index is 0.239. The number of furan rings is 1. The first-order valence-corrected chi connectivity index (χ1v) is 8.61. The third-order valence-corrected chi connectivity index (χ3v) is 4.61. The SMILES string of the molecule is CC(Br)c1ccc2c(-c3ccccc3OC(N)=O)oc(Br)c2c1. The molecular formula is C17H13Br2NO3. The van der Waals surface area contributed by atoms with Gasteiger partial charge in [-0.2, -0.15) is 0 Å². The predicted octanol–water partition coefficient (Wildman–Crippen LogP) is 5.78. The van der Waals surface area contributed by atoms with E-state index < -0.39 is 6.09 Å². The van der Waals surface area contributed by atoms with Crippen LogP contribution in [0.1, 0.15) is 17.3 Å². The number of primary amides is 1. The van der Waals surface area contributed by atoms with Gasteiger partial charge >= 0.3 is 6.09 Å². The van der Waals surface area contributed by atoms with E-state index in [-0.39, 0.29) is 4.83 Å². The minimum atomic E-state index is -0.859. The van der Waals surface area contributed by atoms with Gasteiger partial charge in [0.05, 0.1) is 5.56 Å². The smallest absolute Gasteiger partial charge is 0.409 e. The highest BCUT2D eigenvalue weighted by molar-refractivity contribution is 9.10. The molecule has 4 nitrogen and oxygen atoms in total. The Kier molecular flexibility index (Phi) is 4.46. The molecule has 0 radical (unpaired) electrons. The number of alkyl halides is 1. The van der Waals surface area contributed by atoms with Gasteiger partial charge in [0.1, 0.15) is 11.5 Å². The molecule has 0 aliphatic carbocycles. The molecular weight excluding hydrogens is 426 g/mol. The number of carbonyl (C=O) groups excluding carboxylic acids is 1. The lowest BCUT2D eigenvalue weighted by atomic mass is 10.0. The summed E-state index contributed by atoms with van der Waals surface area (Å²) in [6.45, 7) is 2.06. The van der Waals surface area contributed by atoms with Crippen LogP contribution < -0.4 is 10.5 Å². The van der Waals surface area contributed by atoms with Crippen LogP contribution in [0.15, 0.2) is 51.6 Å². The molecule has 2 aromatic carbocycles. The van der Waals surface area contributed by atoms with E-state index in [0.29, 0.717) is 21.7 Å². The molecule has 23 heavy (non-hydrogen) atoms. The largest absolute Gasteiger partial charge is 0.448 e. The number of benzene rings is 2. The summed E-state index contributed by atoms with van der Waals surface area (Å²) in [5.74, 6) is 0.985. The summed E-state index contributed by atoms with van der Waals surface area (Å²) < 4.78 is 11.6. The van der Waals surface area contributed by atoms with Gasteiger partial charge < -0.3 is 14.9 Å². The average Bonchev–Trinajstić information content (AvgIpc) is 2.84. The Morgan fingerprint density at radius 2 is 1.96 bits per heavy atom. The number of rotatable bonds is 3. The van der Waals surface area contributed by atoms with Gasteiger partial charge in [0.25, 0.3) is 0 Å². The Morgan fingerprint density at radius 1 is 1.22 bits per heavy atom. The number of nitrogens with two attached hydrogens (primary N) is 1. The molecule has 0 spiro atoms. The zero-order chi connectivity index (χ0) is 16.6. The molecule has 2 N–H and O–H groups in total. The van der Waals surface area contributed by atoms with Crippen molar-refractivity contribution in [3.63, 3.8) is 0 Å². The molecule has 0 bridgehead atoms. The van der Waals surface area contributed by atoms with Crippen LogP contribution in [0, 0.1) is 0 Å². The van der Waals surface area contributed by atoms with Crippen LogP contribution in [0.5, 0.6) is 5.75 Å². The fourth-order valence-electron chi connectivity index (χ4n) is 2.42. The van der Waals surface area contributed by atoms with Crippen molar-refractivity contribution in [3.05, 3.63) is 52.7 Å². The summed E-state index contributed by atoms with van der Waals surface area (Å²) in [5, 5.41) is 1.88. The summed E-state index contributed by atoms with van der Waals surface area (Å²) in [5.41, 5.74) is 6.95. The first-order chi connectivity index (χ1) is 11.0. The highest BCUT2D eigenvalue weighted by atomic mass is 79.9. The molecule has 0 saturated heterocycles. The molecule has 0 fully saturated rings. The third-order valence-electron chi connectivity index (χ3n) is 3.49. The maximum Gasteiger partial charge on any atom is 0.409 e. The number of halogens is 2. The number of ether oxygens (including phenoxy) is 1. The van der Waals surface area contributed by atoms with Crippen LogP contribution in [0.2, 0.25) is 0 Å². The first kappa shape index (κ1) is 16.1. The van der Waals surface area contributed by atoms with Crippen LogP contribution in [0.4, 0.5) is 4.79 Å². The molecule has 1 heterocycles. The molecule has 1 unspecified atom stereocenters. The number of para-hydroxylation sites is 1. The summed E-state index contributed by atoms with van der Waals surface area (Å²) in [4.78, 5) is 11.3. The Morgan fingerprint density at radius 3 is 2.65 bits per heavy atom. The zero-order valence-electron chi connectivity index (χ0n) is 12.2. The number of fused-ring (bicyclic) bond motifs is 1. The lowest BCUT2D eigenvalue weighted by Gasteiger charge is -2.07. The number of hydrogen-bond donors (Lipinski definition) is 1. The lowest BCUT2D eigenvalue weighted by Crippen LogP contribution is -2.16. The van der Waals surface area contributed by atoms with Crippen LogP contribution in [0.25, 0.3) is 22.1 Å². The second-order valence-electron chi connectivity index (χ2n) is 5.04. The van der Waals surface area contributed by atoms with E-state index >= 15 is 0 Å². The summed E-state index contributed by atoms with van der Waals surface area (Å²) in [6, 6.07) is 13.2. The molecule has 1 aromatic heterocycles. The van der Waals surface area contributed by atoms with Crippen molar-refractivity contribution in [1.82, 2.24) is 0 Å². The number of hydrogen-bond acceptors (Lipinski definition) is 3. The standard InChI is InChI=1S/C17H13Br2NO3/c1-9(18)10-6-7-11-13(8-10)16(19)23-15(11)12-4-2-3-5-14(12)22-17(20)21/h2-9H,1H3,(H2,20,21). The van der Waals surface area contributed by atoms with Crippen LogP contribution in [-0.4, -0.2) is 6.09 Å². The second kappa shape index (κ2) is 6.37. The molecule has 0 aliphatic rings. The topological polar surface area (TPSA) is 65.5 Å². The number of amides is 1. The maximum absolute atomic E-state index is 11.1. The molecule has 0 aliphatic heterocycles. The highest BCUT2D eigenvalue weighted by Gasteiger charge is 2.18. The van der Waals surface area contributed by atoms with Crippen molar-refractivity contribution in [1.29, 1.82) is 0 Å². The second-order valence-corrected chi connectivity index (χ2v) is 7.14. The van der Waals surface area contributed by atoms with Gasteiger partial charge in [-0.15, -0.1) is 0 Å². The van der Waals surface area contributed by atoms with Gasteiger partial charge in [-0.1, -0.05) is 40.2 Å². The van der Waals surface area contributed by atoms with Crippen molar-refractivity contribution in [2.45, 2.75) is 11.8 Å². The zero-order valence-corrected chi connectivity index (χ0v) is 15.3. The van der Waals surface area contributed by atoms with Crippen molar-refractivity contribution in [2.75, 3.05) is 0 Å². The maximum atomic E-state index is 11.1. The minimum Gasteiger partial charge on any atom is -0.448 e. The Bertz CT molecular complexity index is 887. The fourth-order valence-corrected chi connectivity index (χ4v) is 3.20. The van der Waals surface area contributed by atoms with Gasteiger partial charge in [-0.05, 0) is 46.6 Å². The van der Waals surface area contributed by atoms with E-state index in [1.54, 1.807) is 12.1 Å². The Balaban J connectivity index is 2.20. The average molecular weight is 439 g/mol. The number of carbonyl (C=O) groups is 1. The van der Waals surface area contributed by atoms with Gasteiger partial charge in [-0.3, -0.25) is 0 Å². The molecule has 3 rings (SSSR count). The fraction of sp³-hybridized carbons (Fsp3) is 0.118.